The maximum absolute atomic E-state index is 12.0. The van der Waals surface area contributed by atoms with Crippen LogP contribution in [-0.2, 0) is 4.79 Å². The van der Waals surface area contributed by atoms with Crippen LogP contribution in [0.25, 0.3) is 0 Å². The highest BCUT2D eigenvalue weighted by atomic mass is 79.9. The Morgan fingerprint density at radius 2 is 2.00 bits per heavy atom. The van der Waals surface area contributed by atoms with E-state index in [0.29, 0.717) is 24.9 Å². The number of amides is 1. The largest absolute Gasteiger partial charge is 0.356 e. The second kappa shape index (κ2) is 9.55. The highest BCUT2D eigenvalue weighted by molar-refractivity contribution is 9.10. The molecule has 0 aliphatic carbocycles. The fourth-order valence-corrected chi connectivity index (χ4v) is 2.17. The first-order valence-corrected chi connectivity index (χ1v) is 8.66. The standard InChI is InChI=1S/C17H27BrN4O/c1-11(2)13(4)21-17(19-5)20-9-8-16(23)22-15-10-14(18)7-6-12(15)3/h6-7,10-11,13H,8-9H2,1-5H3,(H,22,23)(H2,19,20,21). The van der Waals surface area contributed by atoms with Gasteiger partial charge in [-0.3, -0.25) is 9.79 Å². The van der Waals surface area contributed by atoms with E-state index >= 15 is 0 Å². The predicted molar refractivity (Wildman–Crippen MR) is 101 cm³/mol. The highest BCUT2D eigenvalue weighted by Gasteiger charge is 2.10. The molecule has 1 atom stereocenters. The van der Waals surface area contributed by atoms with Crippen molar-refractivity contribution in [1.82, 2.24) is 10.6 Å². The molecular weight excluding hydrogens is 356 g/mol. The molecule has 128 valence electrons. The summed E-state index contributed by atoms with van der Waals surface area (Å²) in [5.41, 5.74) is 1.87. The summed E-state index contributed by atoms with van der Waals surface area (Å²) >= 11 is 3.41. The van der Waals surface area contributed by atoms with Crippen molar-refractivity contribution in [3.63, 3.8) is 0 Å². The molecule has 1 rings (SSSR count). The quantitative estimate of drug-likeness (QED) is 0.522. The van der Waals surface area contributed by atoms with Crippen molar-refractivity contribution in [3.8, 4) is 0 Å². The van der Waals surface area contributed by atoms with Crippen molar-refractivity contribution in [2.24, 2.45) is 10.9 Å². The summed E-state index contributed by atoms with van der Waals surface area (Å²) in [5, 5.41) is 9.41. The molecule has 0 aromatic heterocycles. The zero-order valence-electron chi connectivity index (χ0n) is 14.5. The first-order valence-electron chi connectivity index (χ1n) is 7.86. The smallest absolute Gasteiger partial charge is 0.226 e. The molecule has 0 heterocycles. The van der Waals surface area contributed by atoms with Gasteiger partial charge in [-0.1, -0.05) is 35.8 Å². The lowest BCUT2D eigenvalue weighted by atomic mass is 10.1. The number of carbonyl (C=O) groups excluding carboxylic acids is 1. The topological polar surface area (TPSA) is 65.5 Å². The lowest BCUT2D eigenvalue weighted by molar-refractivity contribution is -0.116. The van der Waals surface area contributed by atoms with Crippen molar-refractivity contribution in [1.29, 1.82) is 0 Å². The second-order valence-electron chi connectivity index (χ2n) is 5.93. The normalized spacial score (nSPS) is 12.9. The summed E-state index contributed by atoms with van der Waals surface area (Å²) in [6, 6.07) is 6.15. The molecule has 0 fully saturated rings. The zero-order valence-corrected chi connectivity index (χ0v) is 16.1. The van der Waals surface area contributed by atoms with Gasteiger partial charge in [0, 0.05) is 36.2 Å². The van der Waals surface area contributed by atoms with Crippen LogP contribution in [0, 0.1) is 12.8 Å². The van der Waals surface area contributed by atoms with E-state index in [1.807, 2.05) is 25.1 Å². The Kier molecular flexibility index (Phi) is 8.09. The number of aliphatic imine (C=N–C) groups is 1. The summed E-state index contributed by atoms with van der Waals surface area (Å²) in [7, 11) is 1.73. The van der Waals surface area contributed by atoms with Crippen molar-refractivity contribution < 1.29 is 4.79 Å². The number of hydrogen-bond acceptors (Lipinski definition) is 2. The summed E-state index contributed by atoms with van der Waals surface area (Å²) in [5.74, 6) is 1.21. The van der Waals surface area contributed by atoms with Gasteiger partial charge < -0.3 is 16.0 Å². The fraction of sp³-hybridized carbons (Fsp3) is 0.529. The maximum Gasteiger partial charge on any atom is 0.226 e. The molecule has 5 nitrogen and oxygen atoms in total. The van der Waals surface area contributed by atoms with E-state index in [2.05, 4.69) is 57.6 Å². The Hall–Kier alpha value is -1.56. The Labute approximate surface area is 147 Å². The summed E-state index contributed by atoms with van der Waals surface area (Å²) in [6.07, 6.45) is 0.378. The molecule has 1 aromatic carbocycles. The number of nitrogens with zero attached hydrogens (tertiary/aromatic N) is 1. The molecule has 1 aromatic rings. The van der Waals surface area contributed by atoms with Crippen LogP contribution in [0.5, 0.6) is 0 Å². The average molecular weight is 383 g/mol. The number of anilines is 1. The average Bonchev–Trinajstić information content (AvgIpc) is 2.49. The van der Waals surface area contributed by atoms with E-state index in [4.69, 9.17) is 0 Å². The van der Waals surface area contributed by atoms with E-state index in [1.54, 1.807) is 7.05 Å². The second-order valence-corrected chi connectivity index (χ2v) is 6.85. The third-order valence-electron chi connectivity index (χ3n) is 3.71. The number of carbonyl (C=O) groups is 1. The van der Waals surface area contributed by atoms with Gasteiger partial charge in [0.05, 0.1) is 0 Å². The Morgan fingerprint density at radius 1 is 1.30 bits per heavy atom. The number of rotatable bonds is 6. The molecule has 0 aliphatic rings. The van der Waals surface area contributed by atoms with Gasteiger partial charge in [-0.15, -0.1) is 0 Å². The Balaban J connectivity index is 2.42. The molecule has 6 heteroatoms. The van der Waals surface area contributed by atoms with Gasteiger partial charge in [0.15, 0.2) is 5.96 Å². The number of aryl methyl sites for hydroxylation is 1. The summed E-state index contributed by atoms with van der Waals surface area (Å²) in [6.45, 7) is 8.92. The summed E-state index contributed by atoms with van der Waals surface area (Å²) in [4.78, 5) is 16.2. The minimum absolute atomic E-state index is 0.0222. The van der Waals surface area contributed by atoms with E-state index in [0.717, 1.165) is 21.7 Å². The van der Waals surface area contributed by atoms with E-state index in [-0.39, 0.29) is 5.91 Å². The van der Waals surface area contributed by atoms with Crippen LogP contribution in [0.1, 0.15) is 32.8 Å². The number of benzene rings is 1. The van der Waals surface area contributed by atoms with Gasteiger partial charge in [0.1, 0.15) is 0 Å². The summed E-state index contributed by atoms with van der Waals surface area (Å²) < 4.78 is 0.948. The number of hydrogen-bond donors (Lipinski definition) is 3. The van der Waals surface area contributed by atoms with Crippen molar-refractivity contribution >= 4 is 33.5 Å². The Morgan fingerprint density at radius 3 is 2.61 bits per heavy atom. The number of halogens is 1. The van der Waals surface area contributed by atoms with E-state index in [9.17, 15) is 4.79 Å². The molecular formula is C17H27BrN4O. The van der Waals surface area contributed by atoms with Crippen LogP contribution in [0.3, 0.4) is 0 Å². The Bertz CT molecular complexity index is 558. The van der Waals surface area contributed by atoms with Crippen LogP contribution < -0.4 is 16.0 Å². The minimum atomic E-state index is -0.0222. The monoisotopic (exact) mass is 382 g/mol. The molecule has 3 N–H and O–H groups in total. The molecule has 23 heavy (non-hydrogen) atoms. The van der Waals surface area contributed by atoms with Crippen molar-refractivity contribution in [3.05, 3.63) is 28.2 Å². The van der Waals surface area contributed by atoms with Crippen molar-refractivity contribution in [2.45, 2.75) is 40.2 Å². The van der Waals surface area contributed by atoms with E-state index < -0.39 is 0 Å². The van der Waals surface area contributed by atoms with Crippen LogP contribution in [0.4, 0.5) is 5.69 Å². The van der Waals surface area contributed by atoms with Gasteiger partial charge in [-0.2, -0.15) is 0 Å². The molecule has 0 saturated heterocycles. The van der Waals surface area contributed by atoms with E-state index in [1.165, 1.54) is 0 Å². The van der Waals surface area contributed by atoms with Crippen LogP contribution in [0.15, 0.2) is 27.7 Å². The highest BCUT2D eigenvalue weighted by Crippen LogP contribution is 2.20. The molecule has 0 bridgehead atoms. The fourth-order valence-electron chi connectivity index (χ4n) is 1.81. The van der Waals surface area contributed by atoms with Gasteiger partial charge >= 0.3 is 0 Å². The maximum atomic E-state index is 12.0. The van der Waals surface area contributed by atoms with Gasteiger partial charge in [-0.25, -0.2) is 0 Å². The van der Waals surface area contributed by atoms with Gasteiger partial charge in [-0.05, 0) is 37.5 Å². The zero-order chi connectivity index (χ0) is 17.4. The first kappa shape index (κ1) is 19.5. The molecule has 0 aliphatic heterocycles. The lowest BCUT2D eigenvalue weighted by Gasteiger charge is -2.20. The SMILES string of the molecule is CN=C(NCCC(=O)Nc1cc(Br)ccc1C)NC(C)C(C)C. The molecule has 1 amide bonds. The molecule has 1 unspecified atom stereocenters. The van der Waals surface area contributed by atoms with Gasteiger partial charge in [0.25, 0.3) is 0 Å². The van der Waals surface area contributed by atoms with Crippen molar-refractivity contribution in [2.75, 3.05) is 18.9 Å². The number of guanidine groups is 1. The third kappa shape index (κ3) is 7.03. The van der Waals surface area contributed by atoms with Crippen LogP contribution in [0.2, 0.25) is 0 Å². The predicted octanol–water partition coefficient (Wildman–Crippen LogP) is 3.30. The van der Waals surface area contributed by atoms with Crippen LogP contribution in [-0.4, -0.2) is 31.5 Å². The number of nitrogens with one attached hydrogen (secondary N) is 3. The lowest BCUT2D eigenvalue weighted by Crippen LogP contribution is -2.44. The molecule has 0 saturated carbocycles. The molecule has 0 radical (unpaired) electrons. The first-order chi connectivity index (χ1) is 10.8. The molecule has 0 spiro atoms. The third-order valence-corrected chi connectivity index (χ3v) is 4.20. The van der Waals surface area contributed by atoms with Gasteiger partial charge in [0.2, 0.25) is 5.91 Å². The minimum Gasteiger partial charge on any atom is -0.356 e. The van der Waals surface area contributed by atoms with Crippen LogP contribution >= 0.6 is 15.9 Å².